The van der Waals surface area contributed by atoms with Crippen LogP contribution in [0, 0.1) is 5.92 Å². The number of halogens is 1. The van der Waals surface area contributed by atoms with Gasteiger partial charge in [-0.1, -0.05) is 136 Å². The Morgan fingerprint density at radius 2 is 0.654 bits per heavy atom. The number of rotatable bonds is 21. The van der Waals surface area contributed by atoms with Crippen molar-refractivity contribution in [2.45, 2.75) is 142 Å². The Morgan fingerprint density at radius 1 is 0.423 bits per heavy atom. The summed E-state index contributed by atoms with van der Waals surface area (Å²) in [6.07, 6.45) is 30.7. The molecule has 0 heterocycles. The first-order chi connectivity index (χ1) is 12.3. The van der Waals surface area contributed by atoms with Gasteiger partial charge in [0, 0.05) is 0 Å². The Bertz CT molecular complexity index is 230. The highest BCUT2D eigenvalue weighted by atomic mass is 35.5. The normalized spacial score (nSPS) is 11.1. The van der Waals surface area contributed by atoms with Crippen molar-refractivity contribution in [3.63, 3.8) is 0 Å². The van der Waals surface area contributed by atoms with Gasteiger partial charge in [-0.15, -0.1) is 21.6 Å². The molecule has 0 aromatic rings. The number of hydrogen-bond donors (Lipinski definition) is 0. The lowest BCUT2D eigenvalue weighted by molar-refractivity contribution is 0.501. The molecule has 160 valence electrons. The van der Waals surface area contributed by atoms with Gasteiger partial charge in [0.2, 0.25) is 0 Å². The molecule has 26 heavy (non-hydrogen) atoms. The molecule has 0 fully saturated rings. The van der Waals surface area contributed by atoms with E-state index in [1.807, 2.05) is 0 Å². The summed E-state index contributed by atoms with van der Waals surface area (Å²) in [5, 5.41) is 0. The Hall–Kier alpha value is 0.720. The van der Waals surface area contributed by atoms with Crippen LogP contribution in [0.5, 0.6) is 0 Å². The topological polar surface area (TPSA) is 0 Å². The summed E-state index contributed by atoms with van der Waals surface area (Å²) < 4.78 is 0. The van der Waals surface area contributed by atoms with E-state index in [0.29, 0.717) is 0 Å². The SMILES string of the molecule is CC(C)CCCCCCCCCCCCCCCCCCCCCP.Cl. The van der Waals surface area contributed by atoms with Crippen LogP contribution in [0.3, 0.4) is 0 Å². The molecule has 2 heteroatoms. The number of hydrogen-bond acceptors (Lipinski definition) is 0. The van der Waals surface area contributed by atoms with Gasteiger partial charge in [0.15, 0.2) is 0 Å². The van der Waals surface area contributed by atoms with Crippen LogP contribution in [-0.4, -0.2) is 6.16 Å². The van der Waals surface area contributed by atoms with Crippen LogP contribution < -0.4 is 0 Å². The first-order valence-corrected chi connectivity index (χ1v) is 12.8. The van der Waals surface area contributed by atoms with Crippen LogP contribution in [0.15, 0.2) is 0 Å². The van der Waals surface area contributed by atoms with Crippen molar-refractivity contribution < 1.29 is 0 Å². The van der Waals surface area contributed by atoms with E-state index in [-0.39, 0.29) is 12.4 Å². The van der Waals surface area contributed by atoms with Gasteiger partial charge in [0.05, 0.1) is 0 Å². The van der Waals surface area contributed by atoms with Gasteiger partial charge in [0.25, 0.3) is 0 Å². The van der Waals surface area contributed by atoms with E-state index in [0.717, 1.165) is 5.92 Å². The summed E-state index contributed by atoms with van der Waals surface area (Å²) in [7, 11) is 2.84. The second-order valence-electron chi connectivity index (χ2n) is 8.69. The van der Waals surface area contributed by atoms with E-state index >= 15 is 0 Å². The lowest BCUT2D eigenvalue weighted by Crippen LogP contribution is -1.87. The summed E-state index contributed by atoms with van der Waals surface area (Å²) in [5.41, 5.74) is 0. The zero-order valence-corrected chi connectivity index (χ0v) is 20.4. The molecule has 0 aliphatic heterocycles. The molecule has 0 bridgehead atoms. The maximum absolute atomic E-state index is 2.84. The molecule has 0 radical (unpaired) electrons. The van der Waals surface area contributed by atoms with Crippen molar-refractivity contribution in [1.82, 2.24) is 0 Å². The first-order valence-electron chi connectivity index (χ1n) is 12.0. The zero-order valence-electron chi connectivity index (χ0n) is 18.4. The maximum Gasteiger partial charge on any atom is -0.0381 e. The molecule has 0 amide bonds. The highest BCUT2D eigenvalue weighted by molar-refractivity contribution is 7.16. The molecule has 0 spiro atoms. The average molecular weight is 407 g/mol. The van der Waals surface area contributed by atoms with Crippen LogP contribution in [-0.2, 0) is 0 Å². The third-order valence-electron chi connectivity index (χ3n) is 5.49. The van der Waals surface area contributed by atoms with Crippen LogP contribution >= 0.6 is 21.6 Å². The predicted octanol–water partition coefficient (Wildman–Crippen LogP) is 9.74. The molecule has 1 unspecified atom stereocenters. The van der Waals surface area contributed by atoms with Crippen molar-refractivity contribution >= 4 is 21.6 Å². The molecule has 0 nitrogen and oxygen atoms in total. The molecule has 0 aromatic heterocycles. The van der Waals surface area contributed by atoms with E-state index in [1.54, 1.807) is 0 Å². The second-order valence-corrected chi connectivity index (χ2v) is 9.27. The third kappa shape index (κ3) is 26.9. The van der Waals surface area contributed by atoms with Crippen molar-refractivity contribution in [2.24, 2.45) is 5.92 Å². The van der Waals surface area contributed by atoms with E-state index in [4.69, 9.17) is 0 Å². The largest absolute Gasteiger partial charge is 0.147 e. The highest BCUT2D eigenvalue weighted by Crippen LogP contribution is 2.15. The van der Waals surface area contributed by atoms with E-state index < -0.39 is 0 Å². The lowest BCUT2D eigenvalue weighted by atomic mass is 10.0. The van der Waals surface area contributed by atoms with Gasteiger partial charge in [-0.2, -0.15) is 0 Å². The molecule has 1 atom stereocenters. The highest BCUT2D eigenvalue weighted by Gasteiger charge is 1.96. The molecule has 0 rings (SSSR count). The van der Waals surface area contributed by atoms with E-state index in [9.17, 15) is 0 Å². The molecule has 0 aliphatic rings. The van der Waals surface area contributed by atoms with Crippen molar-refractivity contribution in [3.05, 3.63) is 0 Å². The van der Waals surface area contributed by atoms with Gasteiger partial charge in [0.1, 0.15) is 0 Å². The number of unbranched alkanes of at least 4 members (excludes halogenated alkanes) is 18. The quantitative estimate of drug-likeness (QED) is 0.131. The van der Waals surface area contributed by atoms with Crippen molar-refractivity contribution in [3.8, 4) is 0 Å². The lowest BCUT2D eigenvalue weighted by Gasteiger charge is -2.05. The fourth-order valence-electron chi connectivity index (χ4n) is 3.70. The minimum atomic E-state index is 0. The van der Waals surface area contributed by atoms with Crippen LogP contribution in [0.25, 0.3) is 0 Å². The molecule has 0 aromatic carbocycles. The van der Waals surface area contributed by atoms with E-state index in [2.05, 4.69) is 23.1 Å². The second kappa shape index (κ2) is 25.7. The summed E-state index contributed by atoms with van der Waals surface area (Å²) in [6.45, 7) is 4.68. The monoisotopic (exact) mass is 406 g/mol. The molecule has 0 saturated heterocycles. The predicted molar refractivity (Wildman–Crippen MR) is 129 cm³/mol. The third-order valence-corrected chi connectivity index (χ3v) is 5.89. The Balaban J connectivity index is 0. The van der Waals surface area contributed by atoms with Gasteiger partial charge in [-0.05, 0) is 18.5 Å². The molecular weight excluding hydrogens is 355 g/mol. The minimum Gasteiger partial charge on any atom is -0.147 e. The maximum atomic E-state index is 2.84. The molecule has 0 N–H and O–H groups in total. The van der Waals surface area contributed by atoms with Gasteiger partial charge in [-0.25, -0.2) is 0 Å². The first kappa shape index (κ1) is 28.9. The molecule has 0 aliphatic carbocycles. The average Bonchev–Trinajstić information content (AvgIpc) is 2.60. The van der Waals surface area contributed by atoms with Gasteiger partial charge >= 0.3 is 0 Å². The van der Waals surface area contributed by atoms with Gasteiger partial charge in [-0.3, -0.25) is 0 Å². The molecule has 0 saturated carbocycles. The minimum absolute atomic E-state index is 0. The Kier molecular flexibility index (Phi) is 28.6. The summed E-state index contributed by atoms with van der Waals surface area (Å²) >= 11 is 0. The Morgan fingerprint density at radius 3 is 0.885 bits per heavy atom. The Labute approximate surface area is 176 Å². The van der Waals surface area contributed by atoms with E-state index in [1.165, 1.54) is 135 Å². The van der Waals surface area contributed by atoms with Crippen molar-refractivity contribution in [1.29, 1.82) is 0 Å². The van der Waals surface area contributed by atoms with Crippen LogP contribution in [0.1, 0.15) is 142 Å². The fraction of sp³-hybridized carbons (Fsp3) is 1.00. The van der Waals surface area contributed by atoms with Crippen LogP contribution in [0.2, 0.25) is 0 Å². The molecular formula is C24H52ClP. The zero-order chi connectivity index (χ0) is 18.4. The van der Waals surface area contributed by atoms with Gasteiger partial charge < -0.3 is 0 Å². The smallest absolute Gasteiger partial charge is 0.0381 e. The summed E-state index contributed by atoms with van der Waals surface area (Å²) in [6, 6.07) is 0. The van der Waals surface area contributed by atoms with Crippen molar-refractivity contribution in [2.75, 3.05) is 6.16 Å². The standard InChI is InChI=1S/C24H51P.ClH/c1-24(2)22-20-18-16-14-12-10-8-6-4-3-5-7-9-11-13-15-17-19-21-23-25;/h24H,3-23,25H2,1-2H3;1H. The summed E-state index contributed by atoms with van der Waals surface area (Å²) in [5.74, 6) is 0.898. The van der Waals surface area contributed by atoms with Crippen LogP contribution in [0.4, 0.5) is 0 Å². The summed E-state index contributed by atoms with van der Waals surface area (Å²) in [4.78, 5) is 0. The fourth-order valence-corrected chi connectivity index (χ4v) is 3.99.